The summed E-state index contributed by atoms with van der Waals surface area (Å²) in [5.41, 5.74) is 3.30. The van der Waals surface area contributed by atoms with Gasteiger partial charge in [-0.25, -0.2) is 0 Å². The summed E-state index contributed by atoms with van der Waals surface area (Å²) in [4.78, 5) is 8.70. The Bertz CT molecular complexity index is 243. The molecular weight excluding hydrogens is 138 g/mol. The van der Waals surface area contributed by atoms with Crippen LogP contribution in [-0.4, -0.2) is 9.97 Å². The van der Waals surface area contributed by atoms with Gasteiger partial charge in [0.05, 0.1) is 17.1 Å². The third-order valence-electron chi connectivity index (χ3n) is 1.72. The van der Waals surface area contributed by atoms with E-state index < -0.39 is 0 Å². The molecule has 2 heteroatoms. The molecule has 1 aromatic rings. The molecule has 0 saturated carbocycles. The van der Waals surface area contributed by atoms with Gasteiger partial charge in [0.15, 0.2) is 0 Å². The van der Waals surface area contributed by atoms with Crippen LogP contribution >= 0.6 is 0 Å². The normalized spacial score (nSPS) is 10.1. The van der Waals surface area contributed by atoms with Crippen molar-refractivity contribution in [1.29, 1.82) is 0 Å². The lowest BCUT2D eigenvalue weighted by molar-refractivity contribution is 0.885. The van der Waals surface area contributed by atoms with Crippen LogP contribution in [0.4, 0.5) is 0 Å². The van der Waals surface area contributed by atoms with Gasteiger partial charge in [0.1, 0.15) is 0 Å². The van der Waals surface area contributed by atoms with Crippen LogP contribution in [0.2, 0.25) is 0 Å². The monoisotopic (exact) mass is 152 g/mol. The summed E-state index contributed by atoms with van der Waals surface area (Å²) in [6, 6.07) is 0. The van der Waals surface area contributed by atoms with E-state index >= 15 is 0 Å². The van der Waals surface area contributed by atoms with Crippen LogP contribution in [0.3, 0.4) is 0 Å². The number of rotatable bonds is 2. The zero-order chi connectivity index (χ0) is 8.27. The molecule has 0 saturated heterocycles. The van der Waals surface area contributed by atoms with Crippen molar-refractivity contribution in [1.82, 2.24) is 9.97 Å². The largest absolute Gasteiger partial charge is 0.258 e. The molecule has 0 aromatic carbocycles. The van der Waals surface area contributed by atoms with Gasteiger partial charge in [0.2, 0.25) is 0 Å². The second-order valence-electron chi connectivity index (χ2n) is 2.61. The molecule has 1 aromatic heterocycles. The van der Waals surface area contributed by atoms with Crippen LogP contribution in [0.5, 0.6) is 0 Å². The van der Waals surface area contributed by atoms with Gasteiger partial charge in [0.25, 0.3) is 0 Å². The highest BCUT2D eigenvalue weighted by molar-refractivity contribution is 5.13. The SMILES string of the molecule is CCc1nc(C)cnc1[13CH2][13CH3]. The molecule has 0 aliphatic rings. The molecule has 1 heterocycles. The summed E-state index contributed by atoms with van der Waals surface area (Å²) in [6.07, 6.45) is 3.80. The summed E-state index contributed by atoms with van der Waals surface area (Å²) in [5.74, 6) is 0. The number of hydrogen-bond donors (Lipinski definition) is 0. The standard InChI is InChI=1S/C9H14N2/c1-4-8-9(5-2)11-7(3)6-10-8/h6H,4-5H2,1-3H3/i1+1,4+1. The van der Waals surface area contributed by atoms with Gasteiger partial charge < -0.3 is 0 Å². The average molecular weight is 152 g/mol. The van der Waals surface area contributed by atoms with Gasteiger partial charge in [-0.15, -0.1) is 0 Å². The first-order chi connectivity index (χ1) is 5.27. The van der Waals surface area contributed by atoms with Gasteiger partial charge >= 0.3 is 0 Å². The molecular formula is C9H14N2. The molecule has 0 unspecified atom stereocenters. The van der Waals surface area contributed by atoms with Crippen molar-refractivity contribution in [2.45, 2.75) is 33.6 Å². The predicted octanol–water partition coefficient (Wildman–Crippen LogP) is 1.91. The molecule has 0 N–H and O–H groups in total. The molecule has 1 rings (SSSR count). The van der Waals surface area contributed by atoms with Gasteiger partial charge in [-0.05, 0) is 19.8 Å². The number of nitrogens with zero attached hydrogens (tertiary/aromatic N) is 2. The van der Waals surface area contributed by atoms with Crippen molar-refractivity contribution in [2.75, 3.05) is 0 Å². The first kappa shape index (κ1) is 8.18. The van der Waals surface area contributed by atoms with E-state index in [-0.39, 0.29) is 0 Å². The summed E-state index contributed by atoms with van der Waals surface area (Å²) >= 11 is 0. The summed E-state index contributed by atoms with van der Waals surface area (Å²) in [7, 11) is 0. The molecule has 0 aliphatic heterocycles. The lowest BCUT2D eigenvalue weighted by Gasteiger charge is -2.03. The van der Waals surface area contributed by atoms with Crippen molar-refractivity contribution in [3.05, 3.63) is 23.3 Å². The van der Waals surface area contributed by atoms with E-state index in [1.54, 1.807) is 0 Å². The summed E-state index contributed by atoms with van der Waals surface area (Å²) in [5, 5.41) is 0. The minimum Gasteiger partial charge on any atom is -0.258 e. The topological polar surface area (TPSA) is 25.8 Å². The van der Waals surface area contributed by atoms with E-state index in [9.17, 15) is 0 Å². The molecule has 0 spiro atoms. The second-order valence-corrected chi connectivity index (χ2v) is 2.61. The molecule has 11 heavy (non-hydrogen) atoms. The highest BCUT2D eigenvalue weighted by Crippen LogP contribution is 2.04. The van der Waals surface area contributed by atoms with Gasteiger partial charge in [-0.1, -0.05) is 13.8 Å². The lowest BCUT2D eigenvalue weighted by Crippen LogP contribution is -2.00. The molecule has 0 fully saturated rings. The molecule has 0 aliphatic carbocycles. The molecule has 0 atom stereocenters. The van der Waals surface area contributed by atoms with E-state index in [0.29, 0.717) is 0 Å². The van der Waals surface area contributed by atoms with E-state index in [1.165, 1.54) is 0 Å². The van der Waals surface area contributed by atoms with E-state index in [4.69, 9.17) is 0 Å². The van der Waals surface area contributed by atoms with Crippen molar-refractivity contribution in [3.63, 3.8) is 0 Å². The first-order valence-corrected chi connectivity index (χ1v) is 4.09. The molecule has 0 amide bonds. The van der Waals surface area contributed by atoms with Gasteiger partial charge in [0, 0.05) is 6.20 Å². The predicted molar refractivity (Wildman–Crippen MR) is 45.5 cm³/mol. The Kier molecular flexibility index (Phi) is 2.58. The Morgan fingerprint density at radius 3 is 2.36 bits per heavy atom. The summed E-state index contributed by atoms with van der Waals surface area (Å²) in [6.45, 7) is 6.20. The molecule has 2 nitrogen and oxygen atoms in total. The van der Waals surface area contributed by atoms with Crippen LogP contribution in [0.15, 0.2) is 6.20 Å². The number of aromatic nitrogens is 2. The lowest BCUT2D eigenvalue weighted by atomic mass is 10.3. The minimum atomic E-state index is 0.983. The minimum absolute atomic E-state index is 0.983. The Hall–Kier alpha value is -0.920. The quantitative estimate of drug-likeness (QED) is 0.605. The van der Waals surface area contributed by atoms with Crippen LogP contribution in [0.1, 0.15) is 30.9 Å². The second kappa shape index (κ2) is 3.46. The fraction of sp³-hybridized carbons (Fsp3) is 0.556. The van der Waals surface area contributed by atoms with Crippen LogP contribution < -0.4 is 0 Å². The van der Waals surface area contributed by atoms with Crippen LogP contribution in [0, 0.1) is 6.92 Å². The third-order valence-corrected chi connectivity index (χ3v) is 1.72. The van der Waals surface area contributed by atoms with Gasteiger partial charge in [-0.2, -0.15) is 0 Å². The molecule has 0 bridgehead atoms. The first-order valence-electron chi connectivity index (χ1n) is 4.09. The maximum atomic E-state index is 4.40. The Labute approximate surface area is 67.7 Å². The van der Waals surface area contributed by atoms with E-state index in [1.807, 2.05) is 13.1 Å². The fourth-order valence-electron chi connectivity index (χ4n) is 1.13. The molecule has 60 valence electrons. The van der Waals surface area contributed by atoms with Crippen molar-refractivity contribution >= 4 is 0 Å². The summed E-state index contributed by atoms with van der Waals surface area (Å²) < 4.78 is 0. The maximum absolute atomic E-state index is 4.40. The average Bonchev–Trinajstić information content (AvgIpc) is 2.04. The molecule has 0 radical (unpaired) electrons. The maximum Gasteiger partial charge on any atom is 0.0619 e. The number of aryl methyl sites for hydroxylation is 3. The zero-order valence-corrected chi connectivity index (χ0v) is 7.39. The van der Waals surface area contributed by atoms with Crippen LogP contribution in [0.25, 0.3) is 0 Å². The Morgan fingerprint density at radius 1 is 1.18 bits per heavy atom. The highest BCUT2D eigenvalue weighted by atomic mass is 14.8. The fourth-order valence-corrected chi connectivity index (χ4v) is 1.13. The van der Waals surface area contributed by atoms with Crippen molar-refractivity contribution in [2.24, 2.45) is 0 Å². The third kappa shape index (κ3) is 1.76. The Balaban J connectivity index is 3.06. The van der Waals surface area contributed by atoms with Gasteiger partial charge in [-0.3, -0.25) is 9.97 Å². The smallest absolute Gasteiger partial charge is 0.0619 e. The zero-order valence-electron chi connectivity index (χ0n) is 7.39. The number of hydrogen-bond acceptors (Lipinski definition) is 2. The van der Waals surface area contributed by atoms with Crippen molar-refractivity contribution in [3.8, 4) is 0 Å². The van der Waals surface area contributed by atoms with Crippen LogP contribution in [-0.2, 0) is 12.8 Å². The Morgan fingerprint density at radius 2 is 1.82 bits per heavy atom. The van der Waals surface area contributed by atoms with Crippen molar-refractivity contribution < 1.29 is 0 Å². The highest BCUT2D eigenvalue weighted by Gasteiger charge is 2.00. The van der Waals surface area contributed by atoms with E-state index in [0.717, 1.165) is 29.9 Å². The van der Waals surface area contributed by atoms with E-state index in [2.05, 4.69) is 23.8 Å².